The van der Waals surface area contributed by atoms with Gasteiger partial charge in [-0.05, 0) is 82.3 Å². The van der Waals surface area contributed by atoms with Crippen molar-refractivity contribution in [2.24, 2.45) is 0 Å². The molecule has 1 aromatic carbocycles. The van der Waals surface area contributed by atoms with Gasteiger partial charge in [0.1, 0.15) is 5.75 Å². The van der Waals surface area contributed by atoms with E-state index in [-0.39, 0.29) is 42.5 Å². The maximum absolute atomic E-state index is 13.0. The van der Waals surface area contributed by atoms with Crippen LogP contribution in [0.15, 0.2) is 30.3 Å². The lowest BCUT2D eigenvalue weighted by atomic mass is 9.97. The topological polar surface area (TPSA) is 87.6 Å². The van der Waals surface area contributed by atoms with Gasteiger partial charge < -0.3 is 20.1 Å². The minimum Gasteiger partial charge on any atom is -0.490 e. The molecule has 1 aliphatic heterocycles. The number of aromatic nitrogens is 2. The molecule has 1 aromatic heterocycles. The van der Waals surface area contributed by atoms with E-state index < -0.39 is 6.10 Å². The zero-order valence-electron chi connectivity index (χ0n) is 21.3. The largest absolute Gasteiger partial charge is 0.490 e. The van der Waals surface area contributed by atoms with Gasteiger partial charge in [-0.2, -0.15) is 5.10 Å². The molecule has 1 amide bonds. The Balaban J connectivity index is 0.00000228. The average molecular weight is 540 g/mol. The van der Waals surface area contributed by atoms with E-state index in [9.17, 15) is 9.90 Å². The summed E-state index contributed by atoms with van der Waals surface area (Å²) in [6, 6.07) is 9.70. The maximum atomic E-state index is 13.0. The first-order valence-electron chi connectivity index (χ1n) is 12.8. The normalized spacial score (nSPS) is 20.6. The van der Waals surface area contributed by atoms with Crippen LogP contribution in [0.25, 0.3) is 11.1 Å². The highest BCUT2D eigenvalue weighted by Gasteiger charge is 2.28. The van der Waals surface area contributed by atoms with Crippen molar-refractivity contribution in [3.8, 4) is 16.9 Å². The summed E-state index contributed by atoms with van der Waals surface area (Å²) in [6.45, 7) is 3.54. The van der Waals surface area contributed by atoms with Crippen LogP contribution in [0.1, 0.15) is 74.5 Å². The van der Waals surface area contributed by atoms with Gasteiger partial charge in [0.25, 0.3) is 5.91 Å². The van der Waals surface area contributed by atoms with Crippen molar-refractivity contribution in [2.45, 2.75) is 83.0 Å². The highest BCUT2D eigenvalue weighted by molar-refractivity contribution is 5.93. The van der Waals surface area contributed by atoms with Crippen LogP contribution in [-0.2, 0) is 6.42 Å². The van der Waals surface area contributed by atoms with Crippen LogP contribution in [-0.4, -0.2) is 64.5 Å². The number of unbranched alkanes of at least 4 members (excludes halogenated alkanes) is 1. The number of likely N-dealkylation sites (N-methyl/N-ethyl adjacent to an activating group) is 1. The van der Waals surface area contributed by atoms with E-state index in [0.717, 1.165) is 61.2 Å². The number of aryl methyl sites for hydroxylation is 1. The van der Waals surface area contributed by atoms with Gasteiger partial charge in [0.15, 0.2) is 5.69 Å². The SMILES string of the molecule is CCCCc1nnc(C(=O)N[C@@H]2CCN(C)C[C@@H]2O)cc1-c1ccc(OC2CCCCC2)cc1.Cl.Cl. The summed E-state index contributed by atoms with van der Waals surface area (Å²) in [7, 11) is 1.97. The van der Waals surface area contributed by atoms with Gasteiger partial charge in [-0.1, -0.05) is 31.9 Å². The molecule has 4 rings (SSSR count). The summed E-state index contributed by atoms with van der Waals surface area (Å²) in [6.07, 6.45) is 9.36. The minimum atomic E-state index is -0.587. The first-order valence-corrected chi connectivity index (χ1v) is 12.8. The molecule has 1 aliphatic carbocycles. The van der Waals surface area contributed by atoms with E-state index in [1.807, 2.05) is 37.4 Å². The quantitative estimate of drug-likeness (QED) is 0.500. The lowest BCUT2D eigenvalue weighted by Crippen LogP contribution is -2.53. The second-order valence-corrected chi connectivity index (χ2v) is 9.79. The predicted octanol–water partition coefficient (Wildman–Crippen LogP) is 4.84. The lowest BCUT2D eigenvalue weighted by molar-refractivity contribution is 0.0471. The van der Waals surface area contributed by atoms with Crippen LogP contribution in [0.5, 0.6) is 5.75 Å². The summed E-state index contributed by atoms with van der Waals surface area (Å²) in [5, 5.41) is 22.0. The van der Waals surface area contributed by atoms with E-state index >= 15 is 0 Å². The number of hydrogen-bond acceptors (Lipinski definition) is 6. The number of nitrogens with one attached hydrogen (secondary N) is 1. The molecule has 2 fully saturated rings. The summed E-state index contributed by atoms with van der Waals surface area (Å²) < 4.78 is 6.19. The second-order valence-electron chi connectivity index (χ2n) is 9.79. The zero-order chi connectivity index (χ0) is 23.9. The molecule has 0 radical (unpaired) electrons. The number of halogens is 2. The lowest BCUT2D eigenvalue weighted by Gasteiger charge is -2.33. The molecule has 200 valence electrons. The van der Waals surface area contributed by atoms with Gasteiger partial charge in [-0.3, -0.25) is 4.79 Å². The number of hydrogen-bond donors (Lipinski definition) is 2. The number of nitrogens with zero attached hydrogens (tertiary/aromatic N) is 3. The van der Waals surface area contributed by atoms with Crippen molar-refractivity contribution in [3.63, 3.8) is 0 Å². The molecule has 0 spiro atoms. The van der Waals surface area contributed by atoms with Gasteiger partial charge in [-0.15, -0.1) is 29.9 Å². The summed E-state index contributed by atoms with van der Waals surface area (Å²) >= 11 is 0. The number of likely N-dealkylation sites (tertiary alicyclic amines) is 1. The van der Waals surface area contributed by atoms with Gasteiger partial charge in [0.2, 0.25) is 0 Å². The summed E-state index contributed by atoms with van der Waals surface area (Å²) in [5.41, 5.74) is 3.12. The van der Waals surface area contributed by atoms with Crippen LogP contribution in [0.4, 0.5) is 0 Å². The van der Waals surface area contributed by atoms with Crippen molar-refractivity contribution in [1.29, 1.82) is 0 Å². The number of rotatable bonds is 8. The van der Waals surface area contributed by atoms with Crippen LogP contribution in [0.3, 0.4) is 0 Å². The average Bonchev–Trinajstić information content (AvgIpc) is 2.85. The van der Waals surface area contributed by atoms with Crippen molar-refractivity contribution < 1.29 is 14.6 Å². The van der Waals surface area contributed by atoms with E-state index in [4.69, 9.17) is 4.74 Å². The Kier molecular flexibility index (Phi) is 12.4. The molecular formula is C27H40Cl2N4O3. The molecule has 2 atom stereocenters. The highest BCUT2D eigenvalue weighted by Crippen LogP contribution is 2.28. The fourth-order valence-corrected chi connectivity index (χ4v) is 4.90. The van der Waals surface area contributed by atoms with Crippen LogP contribution < -0.4 is 10.1 Å². The predicted molar refractivity (Wildman–Crippen MR) is 147 cm³/mol. The van der Waals surface area contributed by atoms with Crippen LogP contribution in [0, 0.1) is 0 Å². The molecule has 0 bridgehead atoms. The van der Waals surface area contributed by atoms with Crippen molar-refractivity contribution in [2.75, 3.05) is 20.1 Å². The number of piperidine rings is 1. The molecule has 7 nitrogen and oxygen atoms in total. The molecule has 9 heteroatoms. The molecule has 2 aliphatic rings. The number of aliphatic hydroxyl groups excluding tert-OH is 1. The number of amides is 1. The molecule has 2 N–H and O–H groups in total. The highest BCUT2D eigenvalue weighted by atomic mass is 35.5. The number of carbonyl (C=O) groups is 1. The third-order valence-corrected chi connectivity index (χ3v) is 6.99. The van der Waals surface area contributed by atoms with Crippen LogP contribution >= 0.6 is 24.8 Å². The molecule has 1 saturated carbocycles. The maximum Gasteiger partial charge on any atom is 0.272 e. The first-order chi connectivity index (χ1) is 16.5. The van der Waals surface area contributed by atoms with Gasteiger partial charge >= 0.3 is 0 Å². The first kappa shape index (κ1) is 30.3. The standard InChI is InChI=1S/C27H38N4O3.2ClH/c1-3-4-10-23-22(19-11-13-21(14-12-19)34-20-8-6-5-7-9-20)17-25(30-29-23)27(33)28-24-15-16-31(2)18-26(24)32;;/h11-14,17,20,24,26,32H,3-10,15-16,18H2,1-2H3,(H,28,33);2*1H/t24-,26+;;/m1../s1. The van der Waals surface area contributed by atoms with E-state index in [2.05, 4.69) is 27.3 Å². The Hall–Kier alpha value is -1.93. The van der Waals surface area contributed by atoms with Gasteiger partial charge in [-0.25, -0.2) is 0 Å². The van der Waals surface area contributed by atoms with Gasteiger partial charge in [0.05, 0.1) is 23.9 Å². The molecule has 0 unspecified atom stereocenters. The summed E-state index contributed by atoms with van der Waals surface area (Å²) in [5.74, 6) is 0.601. The van der Waals surface area contributed by atoms with Gasteiger partial charge in [0, 0.05) is 12.1 Å². The third-order valence-electron chi connectivity index (χ3n) is 6.99. The fraction of sp³-hybridized carbons (Fsp3) is 0.593. The minimum absolute atomic E-state index is 0. The third kappa shape index (κ3) is 8.04. The number of β-amino-alcohol motifs (C(OH)–C–C–N with tert-alkyl or cyclic N) is 1. The number of ether oxygens (including phenoxy) is 1. The van der Waals surface area contributed by atoms with E-state index in [1.54, 1.807) is 0 Å². The Morgan fingerprint density at radius 2 is 1.83 bits per heavy atom. The Morgan fingerprint density at radius 1 is 1.11 bits per heavy atom. The van der Waals surface area contributed by atoms with E-state index in [0.29, 0.717) is 19.1 Å². The Morgan fingerprint density at radius 3 is 2.50 bits per heavy atom. The van der Waals surface area contributed by atoms with Crippen molar-refractivity contribution >= 4 is 30.7 Å². The Bertz CT molecular complexity index is 955. The monoisotopic (exact) mass is 538 g/mol. The Labute approximate surface area is 227 Å². The zero-order valence-corrected chi connectivity index (χ0v) is 23.0. The molecule has 2 aromatic rings. The molecule has 2 heterocycles. The van der Waals surface area contributed by atoms with E-state index in [1.165, 1.54) is 19.3 Å². The number of carbonyl (C=O) groups excluding carboxylic acids is 1. The smallest absolute Gasteiger partial charge is 0.272 e. The number of aliphatic hydroxyl groups is 1. The molecule has 1 saturated heterocycles. The number of benzene rings is 1. The second kappa shape index (κ2) is 14.7. The fourth-order valence-electron chi connectivity index (χ4n) is 4.90. The molecule has 36 heavy (non-hydrogen) atoms. The molecular weight excluding hydrogens is 499 g/mol. The summed E-state index contributed by atoms with van der Waals surface area (Å²) in [4.78, 5) is 15.0. The van der Waals surface area contributed by atoms with Crippen LogP contribution in [0.2, 0.25) is 0 Å². The van der Waals surface area contributed by atoms with Crippen molar-refractivity contribution in [1.82, 2.24) is 20.4 Å². The van der Waals surface area contributed by atoms with Crippen molar-refractivity contribution in [3.05, 3.63) is 41.7 Å².